The molecule has 2 rings (SSSR count). The largest absolute Gasteiger partial charge is 0.368 e. The molecule has 0 heterocycles. The average molecular weight is 306 g/mol. The minimum Gasteiger partial charge on any atom is -0.368 e. The van der Waals surface area contributed by atoms with Gasteiger partial charge in [0.2, 0.25) is 5.91 Å². The van der Waals surface area contributed by atoms with Crippen LogP contribution in [0.5, 0.6) is 0 Å². The van der Waals surface area contributed by atoms with Crippen LogP contribution in [0, 0.1) is 5.92 Å². The third-order valence-electron chi connectivity index (χ3n) is 4.43. The van der Waals surface area contributed by atoms with E-state index < -0.39 is 5.54 Å². The first-order valence-electron chi connectivity index (χ1n) is 7.92. The molecular formula is C17H26N2OS. The minimum absolute atomic E-state index is 0.164. The average Bonchev–Trinajstić information content (AvgIpc) is 2.90. The Labute approximate surface area is 132 Å². The Bertz CT molecular complexity index is 451. The van der Waals surface area contributed by atoms with Gasteiger partial charge in [0.1, 0.15) is 5.54 Å². The third-order valence-corrected chi connectivity index (χ3v) is 5.47. The topological polar surface area (TPSA) is 55.1 Å². The molecule has 1 aromatic carbocycles. The van der Waals surface area contributed by atoms with E-state index in [0.29, 0.717) is 5.92 Å². The normalized spacial score (nSPS) is 25.1. The summed E-state index contributed by atoms with van der Waals surface area (Å²) in [6.07, 6.45) is 5.16. The number of rotatable bonds is 8. The van der Waals surface area contributed by atoms with Crippen molar-refractivity contribution in [3.63, 3.8) is 0 Å². The second kappa shape index (κ2) is 7.85. The molecule has 21 heavy (non-hydrogen) atoms. The van der Waals surface area contributed by atoms with E-state index in [1.54, 1.807) is 0 Å². The molecule has 0 spiro atoms. The Balaban J connectivity index is 1.92. The lowest BCUT2D eigenvalue weighted by Gasteiger charge is -2.33. The minimum atomic E-state index is -0.465. The SMILES string of the molecule is CCCNC1(C(N)=O)CCCC1CCSc1ccccc1. The number of hydrogen-bond acceptors (Lipinski definition) is 3. The van der Waals surface area contributed by atoms with Gasteiger partial charge in [-0.15, -0.1) is 11.8 Å². The highest BCUT2D eigenvalue weighted by atomic mass is 32.2. The van der Waals surface area contributed by atoms with Crippen molar-refractivity contribution in [1.29, 1.82) is 0 Å². The standard InChI is InChI=1S/C17H26N2OS/c1-2-12-19-17(16(18)20)11-6-7-14(17)10-13-21-15-8-4-3-5-9-15/h3-5,8-9,14,19H,2,6-7,10-13H2,1H3,(H2,18,20). The summed E-state index contributed by atoms with van der Waals surface area (Å²) in [5.74, 6) is 1.25. The first-order valence-corrected chi connectivity index (χ1v) is 8.90. The number of nitrogens with two attached hydrogens (primary N) is 1. The van der Waals surface area contributed by atoms with E-state index in [9.17, 15) is 4.79 Å². The van der Waals surface area contributed by atoms with Gasteiger partial charge in [-0.2, -0.15) is 0 Å². The van der Waals surface area contributed by atoms with Gasteiger partial charge in [0.05, 0.1) is 0 Å². The molecular weight excluding hydrogens is 280 g/mol. The molecule has 0 aromatic heterocycles. The summed E-state index contributed by atoms with van der Waals surface area (Å²) < 4.78 is 0. The number of primary amides is 1. The monoisotopic (exact) mass is 306 g/mol. The van der Waals surface area contributed by atoms with E-state index >= 15 is 0 Å². The van der Waals surface area contributed by atoms with Gasteiger partial charge in [-0.1, -0.05) is 31.5 Å². The van der Waals surface area contributed by atoms with Gasteiger partial charge in [-0.3, -0.25) is 4.79 Å². The Hall–Kier alpha value is -1.00. The molecule has 0 aliphatic heterocycles. The van der Waals surface area contributed by atoms with Gasteiger partial charge in [0.25, 0.3) is 0 Å². The first kappa shape index (κ1) is 16.4. The van der Waals surface area contributed by atoms with E-state index in [1.807, 2.05) is 17.8 Å². The molecule has 1 aromatic rings. The molecule has 0 saturated heterocycles. The van der Waals surface area contributed by atoms with Crippen molar-refractivity contribution >= 4 is 17.7 Å². The highest BCUT2D eigenvalue weighted by molar-refractivity contribution is 7.99. The lowest BCUT2D eigenvalue weighted by molar-refractivity contribution is -0.126. The second-order valence-electron chi connectivity index (χ2n) is 5.80. The molecule has 1 aliphatic rings. The van der Waals surface area contributed by atoms with Crippen LogP contribution in [0.3, 0.4) is 0 Å². The van der Waals surface area contributed by atoms with Crippen LogP contribution in [0.1, 0.15) is 39.0 Å². The molecule has 3 nitrogen and oxygen atoms in total. The van der Waals surface area contributed by atoms with Gasteiger partial charge in [0, 0.05) is 4.90 Å². The van der Waals surface area contributed by atoms with Crippen LogP contribution >= 0.6 is 11.8 Å². The number of thioether (sulfide) groups is 1. The van der Waals surface area contributed by atoms with Crippen LogP contribution in [-0.4, -0.2) is 23.7 Å². The molecule has 1 fully saturated rings. The fourth-order valence-corrected chi connectivity index (χ4v) is 4.28. The van der Waals surface area contributed by atoms with E-state index in [1.165, 1.54) is 4.90 Å². The zero-order valence-electron chi connectivity index (χ0n) is 12.8. The summed E-state index contributed by atoms with van der Waals surface area (Å²) in [6, 6.07) is 10.4. The summed E-state index contributed by atoms with van der Waals surface area (Å²) in [6.45, 7) is 2.99. The number of hydrogen-bond donors (Lipinski definition) is 2. The molecule has 4 heteroatoms. The molecule has 1 aliphatic carbocycles. The van der Waals surface area contributed by atoms with E-state index in [2.05, 4.69) is 36.5 Å². The van der Waals surface area contributed by atoms with Crippen molar-refractivity contribution in [2.75, 3.05) is 12.3 Å². The van der Waals surface area contributed by atoms with Gasteiger partial charge in [-0.05, 0) is 56.0 Å². The Morgan fingerprint density at radius 2 is 2.19 bits per heavy atom. The number of amides is 1. The number of carbonyl (C=O) groups is 1. The van der Waals surface area contributed by atoms with Crippen LogP contribution < -0.4 is 11.1 Å². The van der Waals surface area contributed by atoms with Crippen molar-refractivity contribution in [3.8, 4) is 0 Å². The second-order valence-corrected chi connectivity index (χ2v) is 6.97. The highest BCUT2D eigenvalue weighted by Crippen LogP contribution is 2.39. The molecule has 2 unspecified atom stereocenters. The van der Waals surface area contributed by atoms with Crippen molar-refractivity contribution in [1.82, 2.24) is 5.32 Å². The summed E-state index contributed by atoms with van der Waals surface area (Å²) >= 11 is 1.86. The first-order chi connectivity index (χ1) is 10.2. The molecule has 1 saturated carbocycles. The van der Waals surface area contributed by atoms with Crippen LogP contribution in [0.4, 0.5) is 0 Å². The van der Waals surface area contributed by atoms with Gasteiger partial charge < -0.3 is 11.1 Å². The van der Waals surface area contributed by atoms with Gasteiger partial charge >= 0.3 is 0 Å². The van der Waals surface area contributed by atoms with Crippen LogP contribution in [0.25, 0.3) is 0 Å². The third kappa shape index (κ3) is 4.01. The van der Waals surface area contributed by atoms with Gasteiger partial charge in [0.15, 0.2) is 0 Å². The number of carbonyl (C=O) groups excluding carboxylic acids is 1. The number of benzene rings is 1. The molecule has 3 N–H and O–H groups in total. The zero-order chi connectivity index (χ0) is 15.1. The van der Waals surface area contributed by atoms with Crippen molar-refractivity contribution in [2.45, 2.75) is 49.5 Å². The van der Waals surface area contributed by atoms with E-state index in [-0.39, 0.29) is 5.91 Å². The summed E-state index contributed by atoms with van der Waals surface area (Å²) in [4.78, 5) is 13.3. The highest BCUT2D eigenvalue weighted by Gasteiger charge is 2.46. The smallest absolute Gasteiger partial charge is 0.238 e. The zero-order valence-corrected chi connectivity index (χ0v) is 13.6. The van der Waals surface area contributed by atoms with Crippen molar-refractivity contribution in [2.24, 2.45) is 11.7 Å². The van der Waals surface area contributed by atoms with Crippen molar-refractivity contribution < 1.29 is 4.79 Å². The molecule has 116 valence electrons. The number of nitrogens with one attached hydrogen (secondary N) is 1. The van der Waals surface area contributed by atoms with E-state index in [4.69, 9.17) is 5.73 Å². The van der Waals surface area contributed by atoms with Gasteiger partial charge in [-0.25, -0.2) is 0 Å². The maximum atomic E-state index is 12.0. The molecule has 0 radical (unpaired) electrons. The van der Waals surface area contributed by atoms with Crippen LogP contribution in [-0.2, 0) is 4.79 Å². The quantitative estimate of drug-likeness (QED) is 0.725. The molecule has 2 atom stereocenters. The Morgan fingerprint density at radius 1 is 1.43 bits per heavy atom. The maximum absolute atomic E-state index is 12.0. The predicted octanol–water partition coefficient (Wildman–Crippen LogP) is 3.19. The fourth-order valence-electron chi connectivity index (χ4n) is 3.30. The molecule has 0 bridgehead atoms. The Morgan fingerprint density at radius 3 is 2.86 bits per heavy atom. The maximum Gasteiger partial charge on any atom is 0.238 e. The predicted molar refractivity (Wildman–Crippen MR) is 89.3 cm³/mol. The fraction of sp³-hybridized carbons (Fsp3) is 0.588. The van der Waals surface area contributed by atoms with Crippen LogP contribution in [0.15, 0.2) is 35.2 Å². The lowest BCUT2D eigenvalue weighted by atomic mass is 9.84. The van der Waals surface area contributed by atoms with Crippen LogP contribution in [0.2, 0.25) is 0 Å². The summed E-state index contributed by atoms with van der Waals surface area (Å²) in [5, 5.41) is 3.46. The van der Waals surface area contributed by atoms with E-state index in [0.717, 1.165) is 44.4 Å². The summed E-state index contributed by atoms with van der Waals surface area (Å²) in [7, 11) is 0. The van der Waals surface area contributed by atoms with Crippen molar-refractivity contribution in [3.05, 3.63) is 30.3 Å². The molecule has 1 amide bonds. The summed E-state index contributed by atoms with van der Waals surface area (Å²) in [5.41, 5.74) is 5.27. The Kier molecular flexibility index (Phi) is 6.12. The lowest BCUT2D eigenvalue weighted by Crippen LogP contribution is -2.58.